The van der Waals surface area contributed by atoms with E-state index in [1.807, 2.05) is 24.1 Å². The Morgan fingerprint density at radius 1 is 1.52 bits per heavy atom. The van der Waals surface area contributed by atoms with Gasteiger partial charge < -0.3 is 9.88 Å². The molecule has 0 unspecified atom stereocenters. The number of carbonyl (C=O) groups is 1. The van der Waals surface area contributed by atoms with E-state index in [0.717, 1.165) is 40.7 Å². The maximum absolute atomic E-state index is 12.9. The van der Waals surface area contributed by atoms with E-state index in [1.165, 1.54) is 0 Å². The summed E-state index contributed by atoms with van der Waals surface area (Å²) in [7, 11) is 0. The van der Waals surface area contributed by atoms with Crippen LogP contribution < -0.4 is 0 Å². The summed E-state index contributed by atoms with van der Waals surface area (Å²) in [5.41, 5.74) is 2.00. The molecule has 1 fully saturated rings. The monoisotopic (exact) mass is 303 g/mol. The van der Waals surface area contributed by atoms with E-state index in [0.29, 0.717) is 5.92 Å². The van der Waals surface area contributed by atoms with Crippen LogP contribution in [0.2, 0.25) is 0 Å². The first-order chi connectivity index (χ1) is 10.1. The Morgan fingerprint density at radius 2 is 2.33 bits per heavy atom. The van der Waals surface area contributed by atoms with Crippen molar-refractivity contribution in [1.29, 1.82) is 0 Å². The lowest BCUT2D eigenvalue weighted by atomic mass is 10.1. The van der Waals surface area contributed by atoms with Gasteiger partial charge in [-0.05, 0) is 31.9 Å². The van der Waals surface area contributed by atoms with Crippen LogP contribution in [0, 0.1) is 6.92 Å². The first kappa shape index (κ1) is 14.3. The average Bonchev–Trinajstić information content (AvgIpc) is 3.17. The number of amides is 1. The SMILES string of the molecule is Cc1nc(C(C)C)sc1C(=O)N1CCC[C@H]1c1ccc[nH]1. The molecule has 1 aliphatic heterocycles. The van der Waals surface area contributed by atoms with Crippen molar-refractivity contribution in [1.82, 2.24) is 14.9 Å². The molecule has 0 saturated carbocycles. The van der Waals surface area contributed by atoms with Gasteiger partial charge in [0.1, 0.15) is 4.88 Å². The van der Waals surface area contributed by atoms with Gasteiger partial charge in [0.2, 0.25) is 0 Å². The minimum Gasteiger partial charge on any atom is -0.363 e. The highest BCUT2D eigenvalue weighted by atomic mass is 32.1. The van der Waals surface area contributed by atoms with Gasteiger partial charge in [-0.3, -0.25) is 4.79 Å². The first-order valence-corrected chi connectivity index (χ1v) is 8.31. The first-order valence-electron chi connectivity index (χ1n) is 7.49. The Bertz CT molecular complexity index is 630. The topological polar surface area (TPSA) is 49.0 Å². The molecule has 5 heteroatoms. The highest BCUT2D eigenvalue weighted by molar-refractivity contribution is 7.13. The van der Waals surface area contributed by atoms with Crippen molar-refractivity contribution in [3.8, 4) is 0 Å². The average molecular weight is 303 g/mol. The summed E-state index contributed by atoms with van der Waals surface area (Å²) >= 11 is 1.55. The summed E-state index contributed by atoms with van der Waals surface area (Å²) < 4.78 is 0. The predicted molar refractivity (Wildman–Crippen MR) is 84.7 cm³/mol. The fourth-order valence-corrected chi connectivity index (χ4v) is 3.90. The third-order valence-corrected chi connectivity index (χ3v) is 5.44. The van der Waals surface area contributed by atoms with Gasteiger partial charge in [-0.1, -0.05) is 13.8 Å². The van der Waals surface area contributed by atoms with Crippen molar-refractivity contribution < 1.29 is 4.79 Å². The van der Waals surface area contributed by atoms with Crippen LogP contribution in [0.15, 0.2) is 18.3 Å². The van der Waals surface area contributed by atoms with Crippen LogP contribution in [0.5, 0.6) is 0 Å². The largest absolute Gasteiger partial charge is 0.363 e. The molecule has 0 aliphatic carbocycles. The predicted octanol–water partition coefficient (Wildman–Crippen LogP) is 3.88. The fraction of sp³-hybridized carbons (Fsp3) is 0.500. The van der Waals surface area contributed by atoms with Crippen molar-refractivity contribution in [3.05, 3.63) is 39.6 Å². The Labute approximate surface area is 129 Å². The molecule has 112 valence electrons. The Kier molecular flexibility index (Phi) is 3.85. The molecule has 1 saturated heterocycles. The Hall–Kier alpha value is -1.62. The molecule has 0 radical (unpaired) electrons. The van der Waals surface area contributed by atoms with Crippen LogP contribution in [0.25, 0.3) is 0 Å². The van der Waals surface area contributed by atoms with Gasteiger partial charge in [-0.25, -0.2) is 4.98 Å². The third-order valence-electron chi connectivity index (χ3n) is 4.00. The number of thiazole rings is 1. The second kappa shape index (κ2) is 5.64. The van der Waals surface area contributed by atoms with Gasteiger partial charge in [0, 0.05) is 24.4 Å². The van der Waals surface area contributed by atoms with Crippen molar-refractivity contribution in [2.24, 2.45) is 0 Å². The molecule has 0 aromatic carbocycles. The van der Waals surface area contributed by atoms with Gasteiger partial charge in [-0.15, -0.1) is 11.3 Å². The van der Waals surface area contributed by atoms with E-state index in [1.54, 1.807) is 11.3 Å². The Morgan fingerprint density at radius 3 is 2.95 bits per heavy atom. The van der Waals surface area contributed by atoms with Crippen LogP contribution in [0.4, 0.5) is 0 Å². The summed E-state index contributed by atoms with van der Waals surface area (Å²) in [5, 5.41) is 1.05. The lowest BCUT2D eigenvalue weighted by Gasteiger charge is -2.23. The standard InChI is InChI=1S/C16H21N3OS/c1-10(2)15-18-11(3)14(21-15)16(20)19-9-5-7-13(19)12-6-4-8-17-12/h4,6,8,10,13,17H,5,7,9H2,1-3H3/t13-/m0/s1. The zero-order chi connectivity index (χ0) is 15.0. The van der Waals surface area contributed by atoms with Crippen LogP contribution >= 0.6 is 11.3 Å². The van der Waals surface area contributed by atoms with E-state index >= 15 is 0 Å². The molecule has 1 amide bonds. The molecule has 4 nitrogen and oxygen atoms in total. The summed E-state index contributed by atoms with van der Waals surface area (Å²) in [6.07, 6.45) is 4.01. The van der Waals surface area contributed by atoms with Gasteiger partial charge in [-0.2, -0.15) is 0 Å². The second-order valence-corrected chi connectivity index (χ2v) is 6.93. The molecule has 3 rings (SSSR count). The zero-order valence-electron chi connectivity index (χ0n) is 12.7. The summed E-state index contributed by atoms with van der Waals surface area (Å²) in [5.74, 6) is 0.502. The minimum absolute atomic E-state index is 0.133. The quantitative estimate of drug-likeness (QED) is 0.935. The lowest BCUT2D eigenvalue weighted by Crippen LogP contribution is -2.30. The summed E-state index contributed by atoms with van der Waals surface area (Å²) in [6.45, 7) is 7.00. The minimum atomic E-state index is 0.133. The fourth-order valence-electron chi connectivity index (χ4n) is 2.88. The smallest absolute Gasteiger partial charge is 0.266 e. The number of likely N-dealkylation sites (tertiary alicyclic amines) is 1. The number of aryl methyl sites for hydroxylation is 1. The highest BCUT2D eigenvalue weighted by Gasteiger charge is 2.33. The van der Waals surface area contributed by atoms with Gasteiger partial charge in [0.15, 0.2) is 0 Å². The lowest BCUT2D eigenvalue weighted by molar-refractivity contribution is 0.0737. The number of hydrogen-bond acceptors (Lipinski definition) is 3. The molecule has 1 N–H and O–H groups in total. The number of H-pyrrole nitrogens is 1. The van der Waals surface area contributed by atoms with E-state index in [2.05, 4.69) is 29.9 Å². The van der Waals surface area contributed by atoms with Crippen molar-refractivity contribution in [3.63, 3.8) is 0 Å². The second-order valence-electron chi connectivity index (χ2n) is 5.90. The molecule has 2 aromatic rings. The van der Waals surface area contributed by atoms with Crippen LogP contribution in [-0.2, 0) is 0 Å². The summed E-state index contributed by atoms with van der Waals surface area (Å²) in [4.78, 5) is 23.5. The maximum atomic E-state index is 12.9. The molecule has 0 spiro atoms. The van der Waals surface area contributed by atoms with Gasteiger partial charge in [0.05, 0.1) is 16.7 Å². The van der Waals surface area contributed by atoms with Crippen molar-refractivity contribution >= 4 is 17.2 Å². The third kappa shape index (κ3) is 2.62. The molecule has 21 heavy (non-hydrogen) atoms. The van der Waals surface area contributed by atoms with Gasteiger partial charge >= 0.3 is 0 Å². The number of carbonyl (C=O) groups excluding carboxylic acids is 1. The number of aromatic amines is 1. The van der Waals surface area contributed by atoms with Gasteiger partial charge in [0.25, 0.3) is 5.91 Å². The van der Waals surface area contributed by atoms with Crippen molar-refractivity contribution in [2.45, 2.75) is 45.6 Å². The molecule has 1 atom stereocenters. The molecule has 1 aliphatic rings. The van der Waals surface area contributed by atoms with E-state index < -0.39 is 0 Å². The normalized spacial score (nSPS) is 18.7. The van der Waals surface area contributed by atoms with E-state index in [4.69, 9.17) is 0 Å². The number of rotatable bonds is 3. The van der Waals surface area contributed by atoms with E-state index in [-0.39, 0.29) is 11.9 Å². The molecule has 2 aromatic heterocycles. The molecular formula is C16H21N3OS. The number of hydrogen-bond donors (Lipinski definition) is 1. The van der Waals surface area contributed by atoms with Crippen LogP contribution in [-0.4, -0.2) is 27.3 Å². The number of nitrogens with one attached hydrogen (secondary N) is 1. The molecule has 0 bridgehead atoms. The molecular weight excluding hydrogens is 282 g/mol. The Balaban J connectivity index is 1.87. The van der Waals surface area contributed by atoms with E-state index in [9.17, 15) is 4.79 Å². The van der Waals surface area contributed by atoms with Crippen LogP contribution in [0.1, 0.15) is 64.7 Å². The molecule has 3 heterocycles. The zero-order valence-corrected chi connectivity index (χ0v) is 13.5. The van der Waals surface area contributed by atoms with Crippen LogP contribution in [0.3, 0.4) is 0 Å². The number of aromatic nitrogens is 2. The number of nitrogens with zero attached hydrogens (tertiary/aromatic N) is 2. The maximum Gasteiger partial charge on any atom is 0.266 e. The summed E-state index contributed by atoms with van der Waals surface area (Å²) in [6, 6.07) is 4.23. The highest BCUT2D eigenvalue weighted by Crippen LogP contribution is 2.34. The van der Waals surface area contributed by atoms with Crippen molar-refractivity contribution in [2.75, 3.05) is 6.54 Å².